The number of hydrogen-bond donors (Lipinski definition) is 0. The van der Waals surface area contributed by atoms with Crippen LogP contribution in [0, 0.1) is 0 Å². The lowest BCUT2D eigenvalue weighted by atomic mass is 9.98. The van der Waals surface area contributed by atoms with E-state index in [1.807, 2.05) is 23.5 Å². The summed E-state index contributed by atoms with van der Waals surface area (Å²) in [7, 11) is 0. The molecule has 0 saturated carbocycles. The van der Waals surface area contributed by atoms with Gasteiger partial charge >= 0.3 is 0 Å². The topological polar surface area (TPSA) is 43.9 Å². The van der Waals surface area contributed by atoms with E-state index in [2.05, 4.69) is 193 Å². The standard InChI is InChI=1S/C56H33N3OS/c1-2-11-34(12-3-1)35-21-23-36(24-22-35)37-25-27-38(28-26-37)53-45-15-4-7-18-47(45)57-56(58-53)59-48-31-29-39(40-16-10-17-43-41-13-5-8-19-50(41)60-54(40)43)33-46(48)52-49(59)32-30-44-42-14-6-9-20-51(42)61-55(44)52/h1-33H. The maximum absolute atomic E-state index is 6.55. The molecule has 4 aromatic heterocycles. The number of nitrogens with zero attached hydrogens (tertiary/aromatic N) is 3. The molecule has 61 heavy (non-hydrogen) atoms. The zero-order valence-electron chi connectivity index (χ0n) is 32.7. The van der Waals surface area contributed by atoms with Gasteiger partial charge in [0.05, 0.1) is 22.2 Å². The average Bonchev–Trinajstić information content (AvgIpc) is 4.01. The van der Waals surface area contributed by atoms with Crippen molar-refractivity contribution in [1.29, 1.82) is 0 Å². The molecule has 0 aliphatic carbocycles. The van der Waals surface area contributed by atoms with Crippen molar-refractivity contribution in [1.82, 2.24) is 14.5 Å². The summed E-state index contributed by atoms with van der Waals surface area (Å²) in [5.41, 5.74) is 13.7. The van der Waals surface area contributed by atoms with E-state index in [9.17, 15) is 0 Å². The van der Waals surface area contributed by atoms with E-state index in [0.717, 1.165) is 77.2 Å². The highest BCUT2D eigenvalue weighted by atomic mass is 32.1. The first-order valence-electron chi connectivity index (χ1n) is 20.6. The van der Waals surface area contributed by atoms with Crippen LogP contribution < -0.4 is 0 Å². The summed E-state index contributed by atoms with van der Waals surface area (Å²) in [5, 5.41) is 8.14. The lowest BCUT2D eigenvalue weighted by Gasteiger charge is -2.12. The summed E-state index contributed by atoms with van der Waals surface area (Å²) in [6, 6.07) is 71.2. The molecule has 4 nitrogen and oxygen atoms in total. The molecule has 13 aromatic rings. The highest BCUT2D eigenvalue weighted by Crippen LogP contribution is 2.45. The van der Waals surface area contributed by atoms with Gasteiger partial charge in [-0.15, -0.1) is 11.3 Å². The van der Waals surface area contributed by atoms with E-state index in [1.165, 1.54) is 42.2 Å². The molecular formula is C56H33N3OS. The molecule has 5 heteroatoms. The van der Waals surface area contributed by atoms with E-state index in [1.54, 1.807) is 0 Å². The van der Waals surface area contributed by atoms with Gasteiger partial charge in [0, 0.05) is 58.2 Å². The molecule has 0 amide bonds. The number of hydrogen-bond acceptors (Lipinski definition) is 4. The Morgan fingerprint density at radius 2 is 1.03 bits per heavy atom. The number of fused-ring (bicyclic) bond motifs is 11. The predicted octanol–water partition coefficient (Wildman–Crippen LogP) is 15.7. The molecule has 0 fully saturated rings. The van der Waals surface area contributed by atoms with E-state index in [-0.39, 0.29) is 0 Å². The average molecular weight is 796 g/mol. The predicted molar refractivity (Wildman–Crippen MR) is 256 cm³/mol. The van der Waals surface area contributed by atoms with Gasteiger partial charge in [0.25, 0.3) is 0 Å². The Kier molecular flexibility index (Phi) is 7.44. The maximum Gasteiger partial charge on any atom is 0.235 e. The monoisotopic (exact) mass is 795 g/mol. The molecule has 0 unspecified atom stereocenters. The van der Waals surface area contributed by atoms with Gasteiger partial charge in [-0.2, -0.15) is 0 Å². The fourth-order valence-corrected chi connectivity index (χ4v) is 10.6. The van der Waals surface area contributed by atoms with Crippen LogP contribution in [0.1, 0.15) is 0 Å². The second kappa shape index (κ2) is 13.3. The zero-order chi connectivity index (χ0) is 40.0. The van der Waals surface area contributed by atoms with Crippen molar-refractivity contribution < 1.29 is 4.42 Å². The van der Waals surface area contributed by atoms with Crippen molar-refractivity contribution >= 4 is 86.2 Å². The second-order valence-electron chi connectivity index (χ2n) is 15.7. The van der Waals surface area contributed by atoms with Crippen LogP contribution in [0.15, 0.2) is 205 Å². The normalized spacial score (nSPS) is 11.9. The molecule has 0 atom stereocenters. The molecule has 0 aliphatic heterocycles. The summed E-state index contributed by atoms with van der Waals surface area (Å²) in [6.07, 6.45) is 0. The number of para-hydroxylation sites is 3. The van der Waals surface area contributed by atoms with Crippen molar-refractivity contribution in [3.05, 3.63) is 200 Å². The second-order valence-corrected chi connectivity index (χ2v) is 16.7. The summed E-state index contributed by atoms with van der Waals surface area (Å²) in [4.78, 5) is 10.8. The van der Waals surface area contributed by atoms with Crippen LogP contribution in [-0.4, -0.2) is 14.5 Å². The Bertz CT molecular complexity index is 3860. The van der Waals surface area contributed by atoms with Gasteiger partial charge in [0.15, 0.2) is 0 Å². The molecule has 284 valence electrons. The summed E-state index contributed by atoms with van der Waals surface area (Å²) >= 11 is 1.85. The molecule has 0 spiro atoms. The van der Waals surface area contributed by atoms with Gasteiger partial charge in [0.2, 0.25) is 5.95 Å². The number of aromatic nitrogens is 3. The van der Waals surface area contributed by atoms with Crippen molar-refractivity contribution in [3.63, 3.8) is 0 Å². The maximum atomic E-state index is 6.55. The van der Waals surface area contributed by atoms with Crippen LogP contribution in [0.4, 0.5) is 0 Å². The first-order valence-corrected chi connectivity index (χ1v) is 21.4. The molecular weight excluding hydrogens is 763 g/mol. The summed E-state index contributed by atoms with van der Waals surface area (Å²) in [6.45, 7) is 0. The Hall–Kier alpha value is -7.86. The largest absolute Gasteiger partial charge is 0.455 e. The first kappa shape index (κ1) is 34.0. The van der Waals surface area contributed by atoms with Crippen molar-refractivity contribution in [3.8, 4) is 50.6 Å². The van der Waals surface area contributed by atoms with Gasteiger partial charge < -0.3 is 4.42 Å². The number of rotatable bonds is 5. The SMILES string of the molecule is c1ccc(-c2ccc(-c3ccc(-c4nc(-n5c6ccc(-c7cccc8c7oc7ccccc78)cc6c6c7sc8ccccc8c7ccc65)nc5ccccc45)cc3)cc2)cc1. The fourth-order valence-electron chi connectivity index (χ4n) is 9.33. The van der Waals surface area contributed by atoms with Gasteiger partial charge in [-0.05, 0) is 64.2 Å². The zero-order valence-corrected chi connectivity index (χ0v) is 33.5. The summed E-state index contributed by atoms with van der Waals surface area (Å²) in [5.74, 6) is 0.641. The van der Waals surface area contributed by atoms with E-state index < -0.39 is 0 Å². The van der Waals surface area contributed by atoms with Gasteiger partial charge in [-0.3, -0.25) is 4.57 Å². The number of thiophene rings is 1. The molecule has 9 aromatic carbocycles. The molecule has 0 radical (unpaired) electrons. The van der Waals surface area contributed by atoms with Gasteiger partial charge in [-0.25, -0.2) is 9.97 Å². The third-order valence-corrected chi connectivity index (χ3v) is 13.5. The van der Waals surface area contributed by atoms with Crippen LogP contribution in [0.3, 0.4) is 0 Å². The minimum absolute atomic E-state index is 0.641. The molecule has 13 rings (SSSR count). The fraction of sp³-hybridized carbons (Fsp3) is 0. The van der Waals surface area contributed by atoms with Crippen LogP contribution in [0.5, 0.6) is 0 Å². The van der Waals surface area contributed by atoms with Crippen LogP contribution in [-0.2, 0) is 0 Å². The quantitative estimate of drug-likeness (QED) is 0.174. The Labute approximate surface area is 354 Å². The van der Waals surface area contributed by atoms with Gasteiger partial charge in [0.1, 0.15) is 11.2 Å². The smallest absolute Gasteiger partial charge is 0.235 e. The van der Waals surface area contributed by atoms with Crippen molar-refractivity contribution in [2.24, 2.45) is 0 Å². The molecule has 0 bridgehead atoms. The van der Waals surface area contributed by atoms with E-state index in [4.69, 9.17) is 14.4 Å². The van der Waals surface area contributed by atoms with E-state index in [0.29, 0.717) is 5.95 Å². The van der Waals surface area contributed by atoms with Crippen LogP contribution in [0.2, 0.25) is 0 Å². The highest BCUT2D eigenvalue weighted by Gasteiger charge is 2.22. The third-order valence-electron chi connectivity index (χ3n) is 12.3. The van der Waals surface area contributed by atoms with Gasteiger partial charge in [-0.1, -0.05) is 164 Å². The van der Waals surface area contributed by atoms with Crippen LogP contribution >= 0.6 is 11.3 Å². The third kappa shape index (κ3) is 5.31. The first-order chi connectivity index (χ1) is 30.2. The lowest BCUT2D eigenvalue weighted by Crippen LogP contribution is -2.03. The molecule has 0 saturated heterocycles. The Balaban J connectivity index is 1.01. The molecule has 0 aliphatic rings. The Morgan fingerprint density at radius 3 is 1.84 bits per heavy atom. The molecule has 0 N–H and O–H groups in total. The van der Waals surface area contributed by atoms with Crippen molar-refractivity contribution in [2.45, 2.75) is 0 Å². The minimum Gasteiger partial charge on any atom is -0.455 e. The number of benzene rings is 9. The molecule has 4 heterocycles. The minimum atomic E-state index is 0.641. The lowest BCUT2D eigenvalue weighted by molar-refractivity contribution is 0.670. The Morgan fingerprint density at radius 1 is 0.410 bits per heavy atom. The van der Waals surface area contributed by atoms with E-state index >= 15 is 0 Å². The van der Waals surface area contributed by atoms with Crippen molar-refractivity contribution in [2.75, 3.05) is 0 Å². The summed E-state index contributed by atoms with van der Waals surface area (Å²) < 4.78 is 11.3. The highest BCUT2D eigenvalue weighted by molar-refractivity contribution is 7.26. The number of furan rings is 1. The van der Waals surface area contributed by atoms with Crippen LogP contribution in [0.25, 0.3) is 125 Å².